The molecule has 0 fully saturated rings. The van der Waals surface area contributed by atoms with Gasteiger partial charge in [0.15, 0.2) is 5.11 Å². The first-order valence-corrected chi connectivity index (χ1v) is 11.3. The van der Waals surface area contributed by atoms with E-state index in [1.165, 1.54) is 83.5 Å². The van der Waals surface area contributed by atoms with Crippen molar-refractivity contribution < 1.29 is 4.42 Å². The maximum absolute atomic E-state index is 5.18. The Labute approximate surface area is 171 Å². The number of nitrogens with one attached hydrogen (secondary N) is 2. The molecule has 1 rings (SSSR count). The van der Waals surface area contributed by atoms with Crippen LogP contribution in [-0.2, 0) is 0 Å². The van der Waals surface area contributed by atoms with Gasteiger partial charge in [0.1, 0.15) is 5.76 Å². The predicted octanol–water partition coefficient (Wildman–Crippen LogP) is 6.56. The van der Waals surface area contributed by atoms with Crippen LogP contribution in [-0.4, -0.2) is 17.9 Å². The zero-order valence-electron chi connectivity index (χ0n) is 17.2. The van der Waals surface area contributed by atoms with E-state index in [-0.39, 0.29) is 0 Å². The van der Waals surface area contributed by atoms with Crippen molar-refractivity contribution in [3.8, 4) is 0 Å². The van der Waals surface area contributed by atoms with E-state index in [0.29, 0.717) is 10.9 Å². The van der Waals surface area contributed by atoms with E-state index in [9.17, 15) is 0 Å². The van der Waals surface area contributed by atoms with Gasteiger partial charge in [0.25, 0.3) is 0 Å². The second-order valence-corrected chi connectivity index (χ2v) is 7.65. The second kappa shape index (κ2) is 18.0. The van der Waals surface area contributed by atoms with Crippen molar-refractivity contribution in [1.29, 1.82) is 0 Å². The SMILES string of the molecule is CCCCCCCCCCCCCCCCNC(=S)N/N=C/c1ccco1. The van der Waals surface area contributed by atoms with E-state index in [2.05, 4.69) is 22.8 Å². The largest absolute Gasteiger partial charge is 0.463 e. The van der Waals surface area contributed by atoms with Gasteiger partial charge in [-0.2, -0.15) is 5.10 Å². The van der Waals surface area contributed by atoms with Crippen LogP contribution in [0.25, 0.3) is 0 Å². The Kier molecular flexibility index (Phi) is 15.8. The molecular formula is C22H39N3OS. The molecular weight excluding hydrogens is 354 g/mol. The van der Waals surface area contributed by atoms with Gasteiger partial charge in [-0.3, -0.25) is 5.43 Å². The first kappa shape index (κ1) is 23.7. The van der Waals surface area contributed by atoms with Crippen LogP contribution in [0.2, 0.25) is 0 Å². The standard InChI is InChI=1S/C22H39N3OS/c1-2-3-4-5-6-7-8-9-10-11-12-13-14-15-18-23-22(27)25-24-20-21-17-16-19-26-21/h16-17,19-20H,2-15,18H2,1H3,(H2,23,25,27)/b24-20+. The average Bonchev–Trinajstić information content (AvgIpc) is 3.18. The fraction of sp³-hybridized carbons (Fsp3) is 0.727. The Morgan fingerprint density at radius 1 is 0.926 bits per heavy atom. The molecule has 2 N–H and O–H groups in total. The van der Waals surface area contributed by atoms with Crippen molar-refractivity contribution in [3.63, 3.8) is 0 Å². The van der Waals surface area contributed by atoms with Crippen LogP contribution in [0.4, 0.5) is 0 Å². The summed E-state index contributed by atoms with van der Waals surface area (Å²) in [4.78, 5) is 0. The summed E-state index contributed by atoms with van der Waals surface area (Å²) in [6.07, 6.45) is 22.5. The quantitative estimate of drug-likeness (QED) is 0.136. The molecule has 1 heterocycles. The molecule has 0 saturated carbocycles. The highest BCUT2D eigenvalue weighted by atomic mass is 32.1. The summed E-state index contributed by atoms with van der Waals surface area (Å²) in [6.45, 7) is 3.18. The molecule has 1 aromatic rings. The second-order valence-electron chi connectivity index (χ2n) is 7.24. The molecule has 0 aliphatic carbocycles. The normalized spacial score (nSPS) is 11.1. The number of rotatable bonds is 17. The van der Waals surface area contributed by atoms with Gasteiger partial charge in [-0.05, 0) is 30.8 Å². The van der Waals surface area contributed by atoms with Gasteiger partial charge in [-0.15, -0.1) is 0 Å². The minimum absolute atomic E-state index is 0.563. The number of hydrogen-bond acceptors (Lipinski definition) is 3. The molecule has 0 bridgehead atoms. The zero-order chi connectivity index (χ0) is 19.4. The van der Waals surface area contributed by atoms with Gasteiger partial charge in [-0.25, -0.2) is 0 Å². The Bertz CT molecular complexity index is 474. The summed E-state index contributed by atoms with van der Waals surface area (Å²) in [6, 6.07) is 3.67. The Morgan fingerprint density at radius 3 is 2.00 bits per heavy atom. The van der Waals surface area contributed by atoms with Crippen molar-refractivity contribution in [2.75, 3.05) is 6.54 Å². The molecule has 0 saturated heterocycles. The molecule has 27 heavy (non-hydrogen) atoms. The van der Waals surface area contributed by atoms with E-state index in [1.54, 1.807) is 12.5 Å². The van der Waals surface area contributed by atoms with Crippen LogP contribution in [0.5, 0.6) is 0 Å². The maximum atomic E-state index is 5.18. The maximum Gasteiger partial charge on any atom is 0.186 e. The summed E-state index contributed by atoms with van der Waals surface area (Å²) < 4.78 is 5.15. The molecule has 1 aromatic heterocycles. The number of nitrogens with zero attached hydrogens (tertiary/aromatic N) is 1. The highest BCUT2D eigenvalue weighted by Crippen LogP contribution is 2.12. The van der Waals surface area contributed by atoms with Crippen LogP contribution in [0, 0.1) is 0 Å². The third-order valence-corrected chi connectivity index (χ3v) is 4.95. The van der Waals surface area contributed by atoms with Gasteiger partial charge in [-0.1, -0.05) is 90.4 Å². The molecule has 0 atom stereocenters. The Hall–Kier alpha value is -1.36. The molecule has 4 nitrogen and oxygen atoms in total. The summed E-state index contributed by atoms with van der Waals surface area (Å²) in [7, 11) is 0. The van der Waals surface area contributed by atoms with Gasteiger partial charge in [0.05, 0.1) is 12.5 Å². The molecule has 0 radical (unpaired) electrons. The van der Waals surface area contributed by atoms with E-state index in [0.717, 1.165) is 13.0 Å². The van der Waals surface area contributed by atoms with Crippen LogP contribution in [0.15, 0.2) is 27.9 Å². The van der Waals surface area contributed by atoms with Crippen LogP contribution in [0.1, 0.15) is 103 Å². The van der Waals surface area contributed by atoms with Gasteiger partial charge in [0, 0.05) is 6.54 Å². The van der Waals surface area contributed by atoms with Crippen LogP contribution < -0.4 is 10.7 Å². The topological polar surface area (TPSA) is 49.6 Å². The van der Waals surface area contributed by atoms with Crippen molar-refractivity contribution in [3.05, 3.63) is 24.2 Å². The minimum Gasteiger partial charge on any atom is -0.463 e. The fourth-order valence-corrected chi connectivity index (χ4v) is 3.24. The zero-order valence-corrected chi connectivity index (χ0v) is 18.0. The third-order valence-electron chi connectivity index (χ3n) is 4.72. The Balaban J connectivity index is 1.76. The Morgan fingerprint density at radius 2 is 1.48 bits per heavy atom. The van der Waals surface area contributed by atoms with Crippen LogP contribution in [0.3, 0.4) is 0 Å². The first-order valence-electron chi connectivity index (χ1n) is 10.9. The molecule has 0 amide bonds. The lowest BCUT2D eigenvalue weighted by molar-refractivity contribution is 0.535. The summed E-state index contributed by atoms with van der Waals surface area (Å²) in [5.41, 5.74) is 2.80. The fourth-order valence-electron chi connectivity index (χ4n) is 3.08. The van der Waals surface area contributed by atoms with E-state index in [1.807, 2.05) is 12.1 Å². The summed E-state index contributed by atoms with van der Waals surface area (Å²) in [5.74, 6) is 0.706. The number of thiocarbonyl (C=S) groups is 1. The van der Waals surface area contributed by atoms with Crippen molar-refractivity contribution in [2.24, 2.45) is 5.10 Å². The van der Waals surface area contributed by atoms with Gasteiger partial charge in [0.2, 0.25) is 0 Å². The smallest absolute Gasteiger partial charge is 0.186 e. The lowest BCUT2D eigenvalue weighted by atomic mass is 10.0. The van der Waals surface area contributed by atoms with E-state index in [4.69, 9.17) is 16.6 Å². The number of furan rings is 1. The molecule has 0 aliphatic rings. The molecule has 154 valence electrons. The highest BCUT2D eigenvalue weighted by Gasteiger charge is 1.96. The van der Waals surface area contributed by atoms with Gasteiger partial charge < -0.3 is 9.73 Å². The molecule has 0 unspecified atom stereocenters. The molecule has 5 heteroatoms. The van der Waals surface area contributed by atoms with Gasteiger partial charge >= 0.3 is 0 Å². The minimum atomic E-state index is 0.563. The summed E-state index contributed by atoms with van der Waals surface area (Å²) >= 11 is 5.18. The molecule has 0 aromatic carbocycles. The lowest BCUT2D eigenvalue weighted by Crippen LogP contribution is -2.32. The lowest BCUT2D eigenvalue weighted by Gasteiger charge is -2.06. The van der Waals surface area contributed by atoms with Crippen molar-refractivity contribution >= 4 is 23.5 Å². The van der Waals surface area contributed by atoms with E-state index < -0.39 is 0 Å². The molecule has 0 aliphatic heterocycles. The van der Waals surface area contributed by atoms with Crippen molar-refractivity contribution in [2.45, 2.75) is 96.8 Å². The molecule has 0 spiro atoms. The number of hydrogen-bond donors (Lipinski definition) is 2. The monoisotopic (exact) mass is 393 g/mol. The van der Waals surface area contributed by atoms with Crippen LogP contribution >= 0.6 is 12.2 Å². The summed E-state index contributed by atoms with van der Waals surface area (Å²) in [5, 5.41) is 7.77. The third kappa shape index (κ3) is 15.4. The van der Waals surface area contributed by atoms with Crippen molar-refractivity contribution in [1.82, 2.24) is 10.7 Å². The number of hydrazone groups is 1. The first-order chi connectivity index (χ1) is 13.3. The van der Waals surface area contributed by atoms with E-state index >= 15 is 0 Å². The predicted molar refractivity (Wildman–Crippen MR) is 120 cm³/mol. The highest BCUT2D eigenvalue weighted by molar-refractivity contribution is 7.80. The number of unbranched alkanes of at least 4 members (excludes halogenated alkanes) is 13. The average molecular weight is 394 g/mol.